The molecule has 0 amide bonds. The average molecular weight is 353 g/mol. The Morgan fingerprint density at radius 1 is 1.23 bits per heavy atom. The van der Waals surface area contributed by atoms with E-state index in [0.29, 0.717) is 23.6 Å². The number of carbonyl (C=O) groups excluding carboxylic acids is 1. The van der Waals surface area contributed by atoms with Crippen molar-refractivity contribution in [2.24, 2.45) is 5.41 Å². The molecule has 26 heavy (non-hydrogen) atoms. The van der Waals surface area contributed by atoms with E-state index in [1.165, 1.54) is 0 Å². The molecule has 3 rings (SSSR count). The molecule has 1 aromatic carbocycles. The van der Waals surface area contributed by atoms with Crippen LogP contribution in [-0.2, 0) is 17.8 Å². The van der Waals surface area contributed by atoms with Gasteiger partial charge in [-0.3, -0.25) is 4.79 Å². The van der Waals surface area contributed by atoms with E-state index in [0.717, 1.165) is 12.0 Å². The number of esters is 1. The summed E-state index contributed by atoms with van der Waals surface area (Å²) in [6, 6.07) is 10.0. The Hall–Kier alpha value is -2.89. The van der Waals surface area contributed by atoms with Gasteiger partial charge in [0.15, 0.2) is 11.6 Å². The van der Waals surface area contributed by atoms with Gasteiger partial charge in [-0.25, -0.2) is 9.97 Å². The van der Waals surface area contributed by atoms with E-state index in [2.05, 4.69) is 9.97 Å². The molecule has 0 unspecified atom stereocenters. The summed E-state index contributed by atoms with van der Waals surface area (Å²) >= 11 is 0. The minimum atomic E-state index is -0.656. The summed E-state index contributed by atoms with van der Waals surface area (Å²) in [7, 11) is 0. The van der Waals surface area contributed by atoms with E-state index in [4.69, 9.17) is 4.74 Å². The van der Waals surface area contributed by atoms with Crippen molar-refractivity contribution in [3.63, 3.8) is 0 Å². The molecule has 0 saturated carbocycles. The smallest absolute Gasteiger partial charge is 0.316 e. The van der Waals surface area contributed by atoms with Gasteiger partial charge in [-0.2, -0.15) is 0 Å². The van der Waals surface area contributed by atoms with Gasteiger partial charge < -0.3 is 14.4 Å². The van der Waals surface area contributed by atoms with Crippen molar-refractivity contribution < 1.29 is 14.6 Å². The van der Waals surface area contributed by atoms with Crippen LogP contribution in [0.3, 0.4) is 0 Å². The van der Waals surface area contributed by atoms with E-state index in [9.17, 15) is 9.90 Å². The Kier molecular flexibility index (Phi) is 4.68. The molecule has 6 heteroatoms. The van der Waals surface area contributed by atoms with E-state index >= 15 is 0 Å². The number of nitrogens with zero attached hydrogens (tertiary/aromatic N) is 3. The van der Waals surface area contributed by atoms with Gasteiger partial charge in [-0.1, -0.05) is 30.3 Å². The number of aromatic hydroxyl groups is 1. The van der Waals surface area contributed by atoms with Gasteiger partial charge in [0.25, 0.3) is 0 Å². The minimum absolute atomic E-state index is 0.00300. The van der Waals surface area contributed by atoms with Crippen LogP contribution in [-0.4, -0.2) is 25.6 Å². The monoisotopic (exact) mass is 353 g/mol. The van der Waals surface area contributed by atoms with Crippen LogP contribution < -0.4 is 4.74 Å². The molecular weight excluding hydrogens is 330 g/mol. The molecule has 0 fully saturated rings. The third-order valence-electron chi connectivity index (χ3n) is 4.16. The molecule has 0 aromatic heterocycles. The highest BCUT2D eigenvalue weighted by Crippen LogP contribution is 2.41. The van der Waals surface area contributed by atoms with Crippen molar-refractivity contribution in [3.05, 3.63) is 47.9 Å². The quantitative estimate of drug-likeness (QED) is 0.725. The average Bonchev–Trinajstić information content (AvgIpc) is 2.91. The first kappa shape index (κ1) is 17.9. The zero-order valence-corrected chi connectivity index (χ0v) is 15.5. The largest absolute Gasteiger partial charge is 0.494 e. The van der Waals surface area contributed by atoms with E-state index in [-0.39, 0.29) is 17.6 Å². The topological polar surface area (TPSA) is 77.2 Å². The van der Waals surface area contributed by atoms with Crippen molar-refractivity contribution in [2.45, 2.75) is 40.7 Å². The molecule has 2 aliphatic rings. The number of benzene rings is 1. The van der Waals surface area contributed by atoms with Crippen molar-refractivity contribution in [1.82, 2.24) is 14.5 Å². The van der Waals surface area contributed by atoms with Crippen molar-refractivity contribution in [2.75, 3.05) is 0 Å². The molecule has 0 atom stereocenters. The van der Waals surface area contributed by atoms with Crippen LogP contribution in [0.1, 0.15) is 32.0 Å². The molecule has 2 heterocycles. The van der Waals surface area contributed by atoms with Gasteiger partial charge in [-0.15, -0.1) is 0 Å². The Balaban J connectivity index is 1.93. The Morgan fingerprint density at radius 3 is 2.58 bits per heavy atom. The lowest BCUT2D eigenvalue weighted by Crippen LogP contribution is -2.25. The highest BCUT2D eigenvalue weighted by atomic mass is 16.5. The van der Waals surface area contributed by atoms with Crippen molar-refractivity contribution in [1.29, 1.82) is 0 Å². The molecule has 0 saturated heterocycles. The number of aryl methyl sites for hydroxylation is 3. The first-order valence-corrected chi connectivity index (χ1v) is 8.58. The van der Waals surface area contributed by atoms with E-state index in [1.807, 2.05) is 30.3 Å². The summed E-state index contributed by atoms with van der Waals surface area (Å²) in [5.74, 6) is 0.267. The van der Waals surface area contributed by atoms with Crippen molar-refractivity contribution >= 4 is 5.97 Å². The van der Waals surface area contributed by atoms with Gasteiger partial charge >= 0.3 is 5.97 Å². The molecular formula is C20H23N3O3. The molecule has 1 aromatic rings. The second kappa shape index (κ2) is 6.78. The van der Waals surface area contributed by atoms with Crippen LogP contribution in [0.5, 0.6) is 11.6 Å². The van der Waals surface area contributed by atoms with Crippen molar-refractivity contribution in [3.8, 4) is 23.0 Å². The number of hydrogen-bond donors (Lipinski definition) is 1. The van der Waals surface area contributed by atoms with Crippen LogP contribution >= 0.6 is 0 Å². The summed E-state index contributed by atoms with van der Waals surface area (Å²) in [4.78, 5) is 20.9. The van der Waals surface area contributed by atoms with Crippen LogP contribution in [0, 0.1) is 12.3 Å². The standard InChI is InChI=1S/C20H23N3O3/c1-13-16(26-19(25)20(2,3)4)15-17(22-13)21-12-23(18(15)24)11-10-14-8-6-5-7-9-14/h5-9,12,24H,10-11H2,1-4H3. The number of fused-ring (bicyclic) bond motifs is 1. The van der Waals surface area contributed by atoms with Gasteiger partial charge in [0.05, 0.1) is 17.4 Å². The third-order valence-corrected chi connectivity index (χ3v) is 4.16. The Bertz CT molecular complexity index is 895. The lowest BCUT2D eigenvalue weighted by Gasteiger charge is -2.17. The number of carbonyl (C=O) groups is 1. The van der Waals surface area contributed by atoms with E-state index < -0.39 is 5.41 Å². The molecule has 0 bridgehead atoms. The van der Waals surface area contributed by atoms with Gasteiger partial charge in [-0.05, 0) is 39.7 Å². The predicted molar refractivity (Wildman–Crippen MR) is 98.3 cm³/mol. The summed E-state index contributed by atoms with van der Waals surface area (Å²) < 4.78 is 7.19. The van der Waals surface area contributed by atoms with Crippen LogP contribution in [0.4, 0.5) is 0 Å². The maximum absolute atomic E-state index is 12.3. The molecule has 0 radical (unpaired) electrons. The van der Waals surface area contributed by atoms with Crippen LogP contribution in [0.2, 0.25) is 0 Å². The maximum atomic E-state index is 12.3. The zero-order chi connectivity index (χ0) is 18.9. The van der Waals surface area contributed by atoms with Crippen LogP contribution in [0.15, 0.2) is 36.7 Å². The second-order valence-electron chi connectivity index (χ2n) is 7.36. The normalized spacial score (nSPS) is 11.7. The molecule has 0 aliphatic carbocycles. The van der Waals surface area contributed by atoms with Crippen LogP contribution in [0.25, 0.3) is 11.4 Å². The first-order valence-electron chi connectivity index (χ1n) is 8.58. The summed E-state index contributed by atoms with van der Waals surface area (Å²) in [5.41, 5.74) is 1.41. The molecule has 136 valence electrons. The number of ether oxygens (including phenoxy) is 1. The minimum Gasteiger partial charge on any atom is -0.494 e. The Morgan fingerprint density at radius 2 is 1.92 bits per heavy atom. The van der Waals surface area contributed by atoms with Gasteiger partial charge in [0.1, 0.15) is 5.56 Å². The molecule has 6 nitrogen and oxygen atoms in total. The summed E-state index contributed by atoms with van der Waals surface area (Å²) in [6.07, 6.45) is 2.30. The second-order valence-corrected chi connectivity index (χ2v) is 7.36. The predicted octanol–water partition coefficient (Wildman–Crippen LogP) is 3.59. The SMILES string of the molecule is Cc1nc2ncn(CCc3ccccc3)c(O)c-2c1OC(=O)C(C)(C)C. The van der Waals surface area contributed by atoms with E-state index in [1.54, 1.807) is 38.6 Å². The molecule has 0 spiro atoms. The summed E-state index contributed by atoms with van der Waals surface area (Å²) in [6.45, 7) is 7.63. The maximum Gasteiger partial charge on any atom is 0.316 e. The fourth-order valence-electron chi connectivity index (χ4n) is 2.59. The fraction of sp³-hybridized carbons (Fsp3) is 0.350. The number of rotatable bonds is 4. The lowest BCUT2D eigenvalue weighted by atomic mass is 9.97. The third kappa shape index (κ3) is 3.54. The van der Waals surface area contributed by atoms with Gasteiger partial charge in [0.2, 0.25) is 5.88 Å². The Labute approximate surface area is 152 Å². The molecule has 1 N–H and O–H groups in total. The highest BCUT2D eigenvalue weighted by Gasteiger charge is 2.30. The highest BCUT2D eigenvalue weighted by molar-refractivity contribution is 5.83. The lowest BCUT2D eigenvalue weighted by molar-refractivity contribution is -0.143. The first-order chi connectivity index (χ1) is 12.3. The fourth-order valence-corrected chi connectivity index (χ4v) is 2.59. The number of aromatic nitrogens is 3. The number of hydrogen-bond acceptors (Lipinski definition) is 5. The zero-order valence-electron chi connectivity index (χ0n) is 15.5. The molecule has 2 aliphatic heterocycles. The van der Waals surface area contributed by atoms with Gasteiger partial charge in [0, 0.05) is 6.54 Å². The summed E-state index contributed by atoms with van der Waals surface area (Å²) in [5, 5.41) is 10.7.